The van der Waals surface area contributed by atoms with Gasteiger partial charge in [0, 0.05) is 28.7 Å². The van der Waals surface area contributed by atoms with Crippen molar-refractivity contribution in [1.29, 1.82) is 0 Å². The van der Waals surface area contributed by atoms with Gasteiger partial charge in [-0.15, -0.1) is 11.8 Å². The van der Waals surface area contributed by atoms with Crippen LogP contribution in [0, 0.1) is 0 Å². The Balaban J connectivity index is 1.76. The smallest absolute Gasteiger partial charge is 0.140 e. The van der Waals surface area contributed by atoms with Gasteiger partial charge in [0.2, 0.25) is 0 Å². The van der Waals surface area contributed by atoms with Gasteiger partial charge in [-0.25, -0.2) is 0 Å². The van der Waals surface area contributed by atoms with E-state index < -0.39 is 0 Å². The van der Waals surface area contributed by atoms with Crippen LogP contribution in [0.1, 0.15) is 5.56 Å². The van der Waals surface area contributed by atoms with Crippen LogP contribution >= 0.6 is 35.1 Å². The highest BCUT2D eigenvalue weighted by atomic mass is 35.5. The average molecular weight is 405 g/mol. The lowest BCUT2D eigenvalue weighted by Gasteiger charge is -2.38. The van der Waals surface area contributed by atoms with Crippen molar-refractivity contribution in [1.82, 2.24) is 4.90 Å². The Morgan fingerprint density at radius 3 is 2.38 bits per heavy atom. The van der Waals surface area contributed by atoms with Crippen molar-refractivity contribution < 1.29 is 4.74 Å². The fourth-order valence-electron chi connectivity index (χ4n) is 3.27. The number of hydrogen-bond acceptors (Lipinski definition) is 5. The van der Waals surface area contributed by atoms with Gasteiger partial charge in [-0.2, -0.15) is 0 Å². The molecule has 0 spiro atoms. The molecule has 0 amide bonds. The molecule has 0 N–H and O–H groups in total. The number of benzene rings is 2. The van der Waals surface area contributed by atoms with Crippen molar-refractivity contribution in [3.05, 3.63) is 70.2 Å². The molecule has 2 aromatic carbocycles. The van der Waals surface area contributed by atoms with Crippen LogP contribution in [0.15, 0.2) is 59.6 Å². The third-order valence-electron chi connectivity index (χ3n) is 4.55. The normalized spacial score (nSPS) is 21.5. The average Bonchev–Trinajstić information content (AvgIpc) is 3.09. The first kappa shape index (κ1) is 18.3. The van der Waals surface area contributed by atoms with Gasteiger partial charge in [-0.05, 0) is 36.1 Å². The zero-order valence-corrected chi connectivity index (χ0v) is 17.0. The Morgan fingerprint density at radius 1 is 1.04 bits per heavy atom. The van der Waals surface area contributed by atoms with E-state index in [1.807, 2.05) is 23.9 Å². The molecular weight excluding hydrogens is 384 g/mol. The highest BCUT2D eigenvalue weighted by Crippen LogP contribution is 2.50. The molecule has 2 aliphatic rings. The zero-order chi connectivity index (χ0) is 17.9. The monoisotopic (exact) mass is 404 g/mol. The van der Waals surface area contributed by atoms with Crippen LogP contribution in [0.25, 0.3) is 4.91 Å². The summed E-state index contributed by atoms with van der Waals surface area (Å²) in [6, 6.07) is 18.8. The number of thioether (sulfide) groups is 2. The standard InChI is InChI=1S/C20H21ClN2OS2/c1-25-19-18(15-7-9-16(21)10-8-15)26-20(22-11-13-24-14-12-22)23(19)17-5-3-2-4-6-17/h2-10,20H,11-14H2,1H3. The number of rotatable bonds is 4. The lowest BCUT2D eigenvalue weighted by atomic mass is 10.2. The summed E-state index contributed by atoms with van der Waals surface area (Å²) >= 11 is 9.83. The summed E-state index contributed by atoms with van der Waals surface area (Å²) in [7, 11) is 0. The third-order valence-corrected chi connectivity index (χ3v) is 7.10. The van der Waals surface area contributed by atoms with Crippen LogP contribution in [-0.2, 0) is 4.74 Å². The van der Waals surface area contributed by atoms with Gasteiger partial charge in [0.1, 0.15) is 5.50 Å². The molecule has 4 rings (SSSR count). The second kappa shape index (κ2) is 8.28. The summed E-state index contributed by atoms with van der Waals surface area (Å²) in [5.74, 6) is 0. The van der Waals surface area contributed by atoms with E-state index in [0.29, 0.717) is 0 Å². The molecule has 2 heterocycles. The van der Waals surface area contributed by atoms with Gasteiger partial charge in [-0.3, -0.25) is 4.90 Å². The molecule has 0 aliphatic carbocycles. The first-order valence-electron chi connectivity index (χ1n) is 8.65. The van der Waals surface area contributed by atoms with E-state index in [9.17, 15) is 0 Å². The predicted molar refractivity (Wildman–Crippen MR) is 115 cm³/mol. The number of hydrogen-bond donors (Lipinski definition) is 0. The highest BCUT2D eigenvalue weighted by Gasteiger charge is 2.38. The highest BCUT2D eigenvalue weighted by molar-refractivity contribution is 8.12. The second-order valence-electron chi connectivity index (χ2n) is 6.14. The summed E-state index contributed by atoms with van der Waals surface area (Å²) in [5.41, 5.74) is 2.69. The van der Waals surface area contributed by atoms with Gasteiger partial charge >= 0.3 is 0 Å². The van der Waals surface area contributed by atoms with E-state index in [4.69, 9.17) is 16.3 Å². The number of para-hydroxylation sites is 1. The van der Waals surface area contributed by atoms with Crippen molar-refractivity contribution in [2.24, 2.45) is 0 Å². The topological polar surface area (TPSA) is 15.7 Å². The molecule has 1 fully saturated rings. The molecule has 0 saturated carbocycles. The van der Waals surface area contributed by atoms with Gasteiger partial charge in [-0.1, -0.05) is 53.7 Å². The Morgan fingerprint density at radius 2 is 1.73 bits per heavy atom. The Hall–Kier alpha value is -1.11. The first-order valence-corrected chi connectivity index (χ1v) is 11.1. The van der Waals surface area contributed by atoms with Crippen LogP contribution in [0.3, 0.4) is 0 Å². The maximum absolute atomic E-state index is 6.10. The third kappa shape index (κ3) is 3.64. The van der Waals surface area contributed by atoms with Gasteiger partial charge < -0.3 is 9.64 Å². The molecule has 6 heteroatoms. The summed E-state index contributed by atoms with van der Waals surface area (Å²) < 4.78 is 5.58. The minimum absolute atomic E-state index is 0.245. The molecule has 136 valence electrons. The quantitative estimate of drug-likeness (QED) is 0.693. The SMILES string of the molecule is CSC1=C(c2ccc(Cl)cc2)SC(N2CCOCC2)N1c1ccccc1. The zero-order valence-electron chi connectivity index (χ0n) is 14.6. The van der Waals surface area contributed by atoms with Crippen molar-refractivity contribution in [3.8, 4) is 0 Å². The molecule has 1 saturated heterocycles. The Kier molecular flexibility index (Phi) is 5.81. The lowest BCUT2D eigenvalue weighted by molar-refractivity contribution is 0.0336. The number of halogens is 1. The maximum Gasteiger partial charge on any atom is 0.140 e. The van der Waals surface area contributed by atoms with E-state index in [-0.39, 0.29) is 5.50 Å². The molecule has 1 atom stereocenters. The van der Waals surface area contributed by atoms with Crippen molar-refractivity contribution in [3.63, 3.8) is 0 Å². The minimum Gasteiger partial charge on any atom is -0.379 e. The van der Waals surface area contributed by atoms with Crippen LogP contribution in [0.4, 0.5) is 5.69 Å². The first-order chi connectivity index (χ1) is 12.8. The summed E-state index contributed by atoms with van der Waals surface area (Å²) in [6.45, 7) is 3.50. The summed E-state index contributed by atoms with van der Waals surface area (Å²) in [5, 5.41) is 2.06. The van der Waals surface area contributed by atoms with E-state index in [1.165, 1.54) is 21.2 Å². The molecule has 3 nitrogen and oxygen atoms in total. The summed E-state index contributed by atoms with van der Waals surface area (Å²) in [4.78, 5) is 6.29. The number of nitrogens with zero attached hydrogens (tertiary/aromatic N) is 2. The molecule has 26 heavy (non-hydrogen) atoms. The minimum atomic E-state index is 0.245. The molecule has 0 aromatic heterocycles. The molecule has 0 bridgehead atoms. The lowest BCUT2D eigenvalue weighted by Crippen LogP contribution is -2.48. The van der Waals surface area contributed by atoms with E-state index in [0.717, 1.165) is 31.3 Å². The van der Waals surface area contributed by atoms with E-state index in [1.54, 1.807) is 11.8 Å². The van der Waals surface area contributed by atoms with Crippen LogP contribution in [0.2, 0.25) is 5.02 Å². The van der Waals surface area contributed by atoms with Gasteiger partial charge in [0.25, 0.3) is 0 Å². The van der Waals surface area contributed by atoms with Crippen molar-refractivity contribution in [2.45, 2.75) is 5.50 Å². The largest absolute Gasteiger partial charge is 0.379 e. The molecule has 2 aromatic rings. The Bertz CT molecular complexity index is 776. The summed E-state index contributed by atoms with van der Waals surface area (Å²) in [6.07, 6.45) is 2.16. The van der Waals surface area contributed by atoms with E-state index >= 15 is 0 Å². The van der Waals surface area contributed by atoms with Crippen molar-refractivity contribution >= 4 is 45.7 Å². The van der Waals surface area contributed by atoms with Crippen LogP contribution < -0.4 is 4.90 Å². The van der Waals surface area contributed by atoms with E-state index in [2.05, 4.69) is 58.5 Å². The fraction of sp³-hybridized carbons (Fsp3) is 0.300. The predicted octanol–water partition coefficient (Wildman–Crippen LogP) is 5.20. The molecular formula is C20H21ClN2OS2. The Labute approximate surface area is 168 Å². The van der Waals surface area contributed by atoms with Crippen LogP contribution in [-0.4, -0.2) is 43.0 Å². The number of ether oxygens (including phenoxy) is 1. The second-order valence-corrected chi connectivity index (χ2v) is 8.44. The molecule has 2 aliphatic heterocycles. The van der Waals surface area contributed by atoms with Crippen molar-refractivity contribution in [2.75, 3.05) is 37.5 Å². The number of anilines is 1. The molecule has 0 radical (unpaired) electrons. The van der Waals surface area contributed by atoms with Gasteiger partial charge in [0.15, 0.2) is 0 Å². The maximum atomic E-state index is 6.10. The fourth-order valence-corrected chi connectivity index (χ4v) is 5.94. The van der Waals surface area contributed by atoms with Gasteiger partial charge in [0.05, 0.1) is 18.2 Å². The molecule has 1 unspecified atom stereocenters. The number of morpholine rings is 1. The van der Waals surface area contributed by atoms with Crippen LogP contribution in [0.5, 0.6) is 0 Å².